The highest BCUT2D eigenvalue weighted by atomic mass is 32.1. The number of hydrazine groups is 1. The highest BCUT2D eigenvalue weighted by molar-refractivity contribution is 7.17. The van der Waals surface area contributed by atoms with E-state index >= 15 is 0 Å². The van der Waals surface area contributed by atoms with Gasteiger partial charge in [0.2, 0.25) is 0 Å². The number of benzene rings is 1. The number of nitrogen functional groups attached to an aromatic ring is 1. The van der Waals surface area contributed by atoms with Crippen molar-refractivity contribution in [1.29, 1.82) is 0 Å². The fraction of sp³-hybridized carbons (Fsp3) is 0.250. The topological polar surface area (TPSA) is 63.8 Å². The monoisotopic (exact) mass is 298 g/mol. The molecular formula is C16H18N4S. The normalized spacial score (nSPS) is 11.8. The largest absolute Gasteiger partial charge is 0.308 e. The number of nitrogens with two attached hydrogens (primary N) is 1. The zero-order valence-corrected chi connectivity index (χ0v) is 13.2. The predicted molar refractivity (Wildman–Crippen MR) is 89.4 cm³/mol. The van der Waals surface area contributed by atoms with Crippen molar-refractivity contribution in [2.45, 2.75) is 26.2 Å². The Labute approximate surface area is 128 Å². The Hall–Kier alpha value is -1.98. The van der Waals surface area contributed by atoms with Gasteiger partial charge >= 0.3 is 0 Å². The van der Waals surface area contributed by atoms with E-state index in [-0.39, 0.29) is 5.41 Å². The molecule has 0 aliphatic heterocycles. The molecule has 0 saturated heterocycles. The Kier molecular flexibility index (Phi) is 3.39. The molecule has 0 amide bonds. The molecule has 108 valence electrons. The first kappa shape index (κ1) is 14.0. The SMILES string of the molecule is CC(C)(C)c1nc(NN)c2c(-c3ccccc3)csc2n1. The van der Waals surface area contributed by atoms with Gasteiger partial charge in [-0.2, -0.15) is 0 Å². The third kappa shape index (κ3) is 2.50. The molecule has 5 heteroatoms. The second-order valence-corrected chi connectivity index (χ2v) is 6.84. The second kappa shape index (κ2) is 5.09. The van der Waals surface area contributed by atoms with Crippen LogP contribution in [0, 0.1) is 0 Å². The third-order valence-electron chi connectivity index (χ3n) is 3.33. The van der Waals surface area contributed by atoms with Crippen LogP contribution in [0.5, 0.6) is 0 Å². The zero-order chi connectivity index (χ0) is 15.0. The van der Waals surface area contributed by atoms with Crippen LogP contribution in [0.25, 0.3) is 21.3 Å². The average molecular weight is 298 g/mol. The fourth-order valence-corrected chi connectivity index (χ4v) is 3.16. The van der Waals surface area contributed by atoms with Gasteiger partial charge in [-0.05, 0) is 5.56 Å². The van der Waals surface area contributed by atoms with E-state index in [1.54, 1.807) is 11.3 Å². The van der Waals surface area contributed by atoms with Crippen LogP contribution in [-0.2, 0) is 5.41 Å². The summed E-state index contributed by atoms with van der Waals surface area (Å²) in [5, 5.41) is 3.10. The molecule has 3 N–H and O–H groups in total. The van der Waals surface area contributed by atoms with E-state index in [1.807, 2.05) is 18.2 Å². The number of fused-ring (bicyclic) bond motifs is 1. The summed E-state index contributed by atoms with van der Waals surface area (Å²) >= 11 is 1.62. The molecule has 0 unspecified atom stereocenters. The number of hydrogen-bond acceptors (Lipinski definition) is 5. The maximum absolute atomic E-state index is 5.70. The van der Waals surface area contributed by atoms with Crippen LogP contribution in [0.2, 0.25) is 0 Å². The van der Waals surface area contributed by atoms with E-state index in [1.165, 1.54) is 0 Å². The molecule has 1 aromatic carbocycles. The van der Waals surface area contributed by atoms with Gasteiger partial charge in [0.25, 0.3) is 0 Å². The lowest BCUT2D eigenvalue weighted by Gasteiger charge is -2.17. The quantitative estimate of drug-likeness (QED) is 0.555. The van der Waals surface area contributed by atoms with E-state index < -0.39 is 0 Å². The van der Waals surface area contributed by atoms with Crippen molar-refractivity contribution in [2.24, 2.45) is 5.84 Å². The molecule has 3 aromatic rings. The Morgan fingerprint density at radius 1 is 1.10 bits per heavy atom. The fourth-order valence-electron chi connectivity index (χ4n) is 2.21. The molecule has 0 atom stereocenters. The van der Waals surface area contributed by atoms with E-state index in [2.05, 4.69) is 48.7 Å². The van der Waals surface area contributed by atoms with Gasteiger partial charge in [-0.15, -0.1) is 11.3 Å². The first-order valence-electron chi connectivity index (χ1n) is 6.82. The minimum atomic E-state index is -0.114. The maximum atomic E-state index is 5.70. The zero-order valence-electron chi connectivity index (χ0n) is 12.3. The average Bonchev–Trinajstić information content (AvgIpc) is 2.90. The van der Waals surface area contributed by atoms with Crippen molar-refractivity contribution >= 4 is 27.4 Å². The van der Waals surface area contributed by atoms with Gasteiger partial charge < -0.3 is 5.43 Å². The molecule has 0 spiro atoms. The first-order valence-corrected chi connectivity index (χ1v) is 7.70. The molecule has 2 aromatic heterocycles. The van der Waals surface area contributed by atoms with E-state index in [0.29, 0.717) is 5.82 Å². The van der Waals surface area contributed by atoms with E-state index in [0.717, 1.165) is 27.2 Å². The Morgan fingerprint density at radius 3 is 2.43 bits per heavy atom. The number of hydrogen-bond donors (Lipinski definition) is 2. The summed E-state index contributed by atoms with van der Waals surface area (Å²) in [6.07, 6.45) is 0. The Balaban J connectivity index is 2.27. The van der Waals surface area contributed by atoms with Crippen LogP contribution in [0.3, 0.4) is 0 Å². The Morgan fingerprint density at radius 2 is 1.81 bits per heavy atom. The molecule has 0 radical (unpaired) electrons. The lowest BCUT2D eigenvalue weighted by molar-refractivity contribution is 0.549. The summed E-state index contributed by atoms with van der Waals surface area (Å²) in [6, 6.07) is 10.2. The van der Waals surface area contributed by atoms with Crippen molar-refractivity contribution in [3.05, 3.63) is 41.5 Å². The standard InChI is InChI=1S/C16H18N4S/c1-16(2,3)15-18-13(20-17)12-11(9-21-14(12)19-15)10-7-5-4-6-8-10/h4-9H,17H2,1-3H3,(H,18,19,20). The van der Waals surface area contributed by atoms with Crippen LogP contribution < -0.4 is 11.3 Å². The molecular weight excluding hydrogens is 280 g/mol. The number of nitrogens with zero attached hydrogens (tertiary/aromatic N) is 2. The predicted octanol–water partition coefficient (Wildman–Crippen LogP) is 3.94. The molecule has 0 fully saturated rings. The van der Waals surface area contributed by atoms with Crippen LogP contribution in [0.15, 0.2) is 35.7 Å². The van der Waals surface area contributed by atoms with Gasteiger partial charge in [-0.1, -0.05) is 51.1 Å². The van der Waals surface area contributed by atoms with Gasteiger partial charge in [0.05, 0.1) is 5.39 Å². The molecule has 0 saturated carbocycles. The van der Waals surface area contributed by atoms with Crippen molar-refractivity contribution in [3.8, 4) is 11.1 Å². The van der Waals surface area contributed by atoms with E-state index in [4.69, 9.17) is 10.8 Å². The molecule has 2 heterocycles. The number of rotatable bonds is 2. The highest BCUT2D eigenvalue weighted by Crippen LogP contribution is 2.37. The molecule has 3 rings (SSSR count). The summed E-state index contributed by atoms with van der Waals surface area (Å²) < 4.78 is 0. The van der Waals surface area contributed by atoms with Gasteiger partial charge in [-0.25, -0.2) is 15.8 Å². The summed E-state index contributed by atoms with van der Waals surface area (Å²) in [5.41, 5.74) is 4.88. The van der Waals surface area contributed by atoms with Crippen LogP contribution >= 0.6 is 11.3 Å². The van der Waals surface area contributed by atoms with Crippen LogP contribution in [-0.4, -0.2) is 9.97 Å². The maximum Gasteiger partial charge on any atom is 0.153 e. The van der Waals surface area contributed by atoms with E-state index in [9.17, 15) is 0 Å². The molecule has 0 aliphatic rings. The molecule has 0 bridgehead atoms. The molecule has 0 aliphatic carbocycles. The van der Waals surface area contributed by atoms with Gasteiger partial charge in [0.1, 0.15) is 10.7 Å². The third-order valence-corrected chi connectivity index (χ3v) is 4.20. The van der Waals surface area contributed by atoms with Gasteiger partial charge in [0, 0.05) is 16.4 Å². The summed E-state index contributed by atoms with van der Waals surface area (Å²) in [5.74, 6) is 7.18. The second-order valence-electron chi connectivity index (χ2n) is 5.99. The number of anilines is 1. The van der Waals surface area contributed by atoms with Gasteiger partial charge in [-0.3, -0.25) is 0 Å². The van der Waals surface area contributed by atoms with Crippen molar-refractivity contribution in [3.63, 3.8) is 0 Å². The van der Waals surface area contributed by atoms with Crippen LogP contribution in [0.1, 0.15) is 26.6 Å². The minimum Gasteiger partial charge on any atom is -0.308 e. The lowest BCUT2D eigenvalue weighted by Crippen LogP contribution is -2.18. The Bertz CT molecular complexity index is 772. The van der Waals surface area contributed by atoms with Crippen molar-refractivity contribution in [2.75, 3.05) is 5.43 Å². The molecule has 4 nitrogen and oxygen atoms in total. The minimum absolute atomic E-state index is 0.114. The van der Waals surface area contributed by atoms with Crippen LogP contribution in [0.4, 0.5) is 5.82 Å². The van der Waals surface area contributed by atoms with Crippen molar-refractivity contribution in [1.82, 2.24) is 9.97 Å². The van der Waals surface area contributed by atoms with Crippen molar-refractivity contribution < 1.29 is 0 Å². The number of nitrogens with one attached hydrogen (secondary N) is 1. The summed E-state index contributed by atoms with van der Waals surface area (Å²) in [7, 11) is 0. The smallest absolute Gasteiger partial charge is 0.153 e. The summed E-state index contributed by atoms with van der Waals surface area (Å²) in [4.78, 5) is 10.3. The number of aromatic nitrogens is 2. The molecule has 21 heavy (non-hydrogen) atoms. The number of thiophene rings is 1. The summed E-state index contributed by atoms with van der Waals surface area (Å²) in [6.45, 7) is 6.29. The first-order chi connectivity index (χ1) is 10.0. The van der Waals surface area contributed by atoms with Gasteiger partial charge in [0.15, 0.2) is 5.82 Å². The highest BCUT2D eigenvalue weighted by Gasteiger charge is 2.21. The lowest BCUT2D eigenvalue weighted by atomic mass is 9.95.